The van der Waals surface area contributed by atoms with Crippen LogP contribution >= 0.6 is 0 Å². The number of nitrogens with zero attached hydrogens (tertiary/aromatic N) is 1. The molecule has 2 aromatic rings. The minimum absolute atomic E-state index is 0.206. The predicted molar refractivity (Wildman–Crippen MR) is 71.1 cm³/mol. The van der Waals surface area contributed by atoms with Crippen molar-refractivity contribution >= 4 is 5.97 Å². The number of aromatic nitrogens is 2. The van der Waals surface area contributed by atoms with E-state index in [0.29, 0.717) is 5.69 Å². The Hall–Kier alpha value is -2.43. The van der Waals surface area contributed by atoms with Crippen molar-refractivity contribution in [1.29, 1.82) is 0 Å². The van der Waals surface area contributed by atoms with Gasteiger partial charge < -0.3 is 5.11 Å². The van der Waals surface area contributed by atoms with Gasteiger partial charge in [-0.15, -0.1) is 0 Å². The van der Waals surface area contributed by atoms with Gasteiger partial charge in [0.1, 0.15) is 0 Å². The number of carboxylic acid groups (broad SMARTS) is 1. The molecule has 5 nitrogen and oxygen atoms in total. The summed E-state index contributed by atoms with van der Waals surface area (Å²) in [7, 11) is 0. The van der Waals surface area contributed by atoms with Gasteiger partial charge in [0.05, 0.1) is 12.1 Å². The van der Waals surface area contributed by atoms with Crippen LogP contribution in [0.1, 0.15) is 16.7 Å². The first-order valence-corrected chi connectivity index (χ1v) is 5.85. The zero-order chi connectivity index (χ0) is 14.0. The number of nitrogens with one attached hydrogen (secondary N) is 1. The van der Waals surface area contributed by atoms with Crippen LogP contribution in [0.15, 0.2) is 29.1 Å². The lowest BCUT2D eigenvalue weighted by Gasteiger charge is -2.07. The summed E-state index contributed by atoms with van der Waals surface area (Å²) in [6.07, 6.45) is -0.310. The fraction of sp³-hybridized carbons (Fsp3) is 0.214. The third-order valence-corrected chi connectivity index (χ3v) is 2.88. The van der Waals surface area contributed by atoms with E-state index < -0.39 is 11.5 Å². The minimum atomic E-state index is -1.04. The number of aromatic amines is 1. The van der Waals surface area contributed by atoms with E-state index in [2.05, 4.69) is 10.2 Å². The number of rotatable bonds is 3. The third-order valence-electron chi connectivity index (χ3n) is 2.88. The SMILES string of the molecule is Cc1ccc(-c2cc(CC(=O)O)c(=O)[nH]n2)c(C)c1. The Morgan fingerprint density at radius 3 is 2.68 bits per heavy atom. The zero-order valence-corrected chi connectivity index (χ0v) is 10.7. The largest absolute Gasteiger partial charge is 0.481 e. The minimum Gasteiger partial charge on any atom is -0.481 e. The highest BCUT2D eigenvalue weighted by Crippen LogP contribution is 2.21. The highest BCUT2D eigenvalue weighted by molar-refractivity contribution is 5.71. The van der Waals surface area contributed by atoms with Crippen molar-refractivity contribution in [1.82, 2.24) is 10.2 Å². The van der Waals surface area contributed by atoms with E-state index in [1.165, 1.54) is 6.07 Å². The van der Waals surface area contributed by atoms with Gasteiger partial charge in [-0.25, -0.2) is 5.10 Å². The van der Waals surface area contributed by atoms with Crippen molar-refractivity contribution < 1.29 is 9.90 Å². The number of carbonyl (C=O) groups is 1. The van der Waals surface area contributed by atoms with Crippen LogP contribution in [0.5, 0.6) is 0 Å². The summed E-state index contributed by atoms with van der Waals surface area (Å²) >= 11 is 0. The molecule has 0 aliphatic heterocycles. The third kappa shape index (κ3) is 2.88. The Kier molecular flexibility index (Phi) is 3.46. The monoisotopic (exact) mass is 258 g/mol. The maximum Gasteiger partial charge on any atom is 0.308 e. The molecular weight excluding hydrogens is 244 g/mol. The van der Waals surface area contributed by atoms with Crippen molar-refractivity contribution in [3.05, 3.63) is 51.3 Å². The summed E-state index contributed by atoms with van der Waals surface area (Å²) < 4.78 is 0. The normalized spacial score (nSPS) is 10.4. The van der Waals surface area contributed by atoms with Gasteiger partial charge in [0.15, 0.2) is 0 Å². The molecule has 0 spiro atoms. The van der Waals surface area contributed by atoms with Crippen LogP contribution < -0.4 is 5.56 Å². The maximum atomic E-state index is 11.5. The van der Waals surface area contributed by atoms with Gasteiger partial charge >= 0.3 is 5.97 Å². The van der Waals surface area contributed by atoms with Gasteiger partial charge in [0.25, 0.3) is 5.56 Å². The first kappa shape index (κ1) is 13.0. The summed E-state index contributed by atoms with van der Waals surface area (Å²) in [6.45, 7) is 3.94. The lowest BCUT2D eigenvalue weighted by Crippen LogP contribution is -2.17. The van der Waals surface area contributed by atoms with Crippen LogP contribution in [0.3, 0.4) is 0 Å². The summed E-state index contributed by atoms with van der Waals surface area (Å²) in [5.74, 6) is -1.04. The zero-order valence-electron chi connectivity index (χ0n) is 10.7. The molecule has 2 rings (SSSR count). The molecule has 0 aliphatic carbocycles. The molecule has 0 bridgehead atoms. The summed E-state index contributed by atoms with van der Waals surface area (Å²) in [5, 5.41) is 15.1. The van der Waals surface area contributed by atoms with Crippen LogP contribution in [0, 0.1) is 13.8 Å². The fourth-order valence-corrected chi connectivity index (χ4v) is 1.98. The number of aryl methyl sites for hydroxylation is 2. The second kappa shape index (κ2) is 5.06. The predicted octanol–water partition coefficient (Wildman–Crippen LogP) is 1.68. The van der Waals surface area contributed by atoms with Crippen molar-refractivity contribution in [2.75, 3.05) is 0 Å². The average molecular weight is 258 g/mol. The second-order valence-electron chi connectivity index (χ2n) is 4.50. The van der Waals surface area contributed by atoms with Gasteiger partial charge in [-0.3, -0.25) is 9.59 Å². The average Bonchev–Trinajstić information content (AvgIpc) is 2.32. The van der Waals surface area contributed by atoms with Crippen molar-refractivity contribution in [3.63, 3.8) is 0 Å². The standard InChI is InChI=1S/C14H14N2O3/c1-8-3-4-11(9(2)5-8)12-6-10(7-13(17)18)14(19)16-15-12/h3-6H,7H2,1-2H3,(H,16,19)(H,17,18). The lowest BCUT2D eigenvalue weighted by molar-refractivity contribution is -0.136. The molecular formula is C14H14N2O3. The van der Waals surface area contributed by atoms with Gasteiger partial charge in [-0.05, 0) is 25.5 Å². The first-order chi connectivity index (χ1) is 8.97. The molecule has 1 heterocycles. The van der Waals surface area contributed by atoms with Crippen LogP contribution in [0.4, 0.5) is 0 Å². The Morgan fingerprint density at radius 2 is 2.05 bits per heavy atom. The molecule has 0 atom stereocenters. The Labute approximate surface area is 109 Å². The molecule has 0 unspecified atom stereocenters. The molecule has 0 saturated carbocycles. The molecule has 0 amide bonds. The number of aliphatic carboxylic acids is 1. The van der Waals surface area contributed by atoms with Crippen LogP contribution in [-0.4, -0.2) is 21.3 Å². The van der Waals surface area contributed by atoms with Gasteiger partial charge in [-0.2, -0.15) is 5.10 Å². The Morgan fingerprint density at radius 1 is 1.32 bits per heavy atom. The fourth-order valence-electron chi connectivity index (χ4n) is 1.98. The van der Waals surface area contributed by atoms with Crippen molar-refractivity contribution in [2.45, 2.75) is 20.3 Å². The molecule has 5 heteroatoms. The number of hydrogen-bond donors (Lipinski definition) is 2. The Balaban J connectivity index is 2.51. The van der Waals surface area contributed by atoms with E-state index in [1.807, 2.05) is 32.0 Å². The van der Waals surface area contributed by atoms with E-state index in [1.54, 1.807) is 0 Å². The number of hydrogen-bond acceptors (Lipinski definition) is 3. The smallest absolute Gasteiger partial charge is 0.308 e. The summed E-state index contributed by atoms with van der Waals surface area (Å²) in [4.78, 5) is 22.2. The van der Waals surface area contributed by atoms with Gasteiger partial charge in [-0.1, -0.05) is 23.8 Å². The van der Waals surface area contributed by atoms with Crippen LogP contribution in [-0.2, 0) is 11.2 Å². The van der Waals surface area contributed by atoms with Crippen LogP contribution in [0.25, 0.3) is 11.3 Å². The van der Waals surface area contributed by atoms with Gasteiger partial charge in [0.2, 0.25) is 0 Å². The molecule has 1 aromatic heterocycles. The quantitative estimate of drug-likeness (QED) is 0.877. The number of benzene rings is 1. The Bertz CT molecular complexity index is 689. The molecule has 2 N–H and O–H groups in total. The summed E-state index contributed by atoms with van der Waals surface area (Å²) in [5.41, 5.74) is 3.37. The van der Waals surface area contributed by atoms with Crippen LogP contribution in [0.2, 0.25) is 0 Å². The maximum absolute atomic E-state index is 11.5. The second-order valence-corrected chi connectivity index (χ2v) is 4.50. The molecule has 0 aliphatic rings. The lowest BCUT2D eigenvalue weighted by atomic mass is 10.0. The number of carboxylic acids is 1. The molecule has 98 valence electrons. The van der Waals surface area contributed by atoms with Crippen molar-refractivity contribution in [3.8, 4) is 11.3 Å². The topological polar surface area (TPSA) is 83.0 Å². The van der Waals surface area contributed by atoms with E-state index in [4.69, 9.17) is 5.11 Å². The molecule has 19 heavy (non-hydrogen) atoms. The van der Waals surface area contributed by atoms with E-state index >= 15 is 0 Å². The first-order valence-electron chi connectivity index (χ1n) is 5.85. The molecule has 0 radical (unpaired) electrons. The van der Waals surface area contributed by atoms with E-state index in [0.717, 1.165) is 16.7 Å². The molecule has 0 fully saturated rings. The van der Waals surface area contributed by atoms with E-state index in [-0.39, 0.29) is 12.0 Å². The van der Waals surface area contributed by atoms with E-state index in [9.17, 15) is 9.59 Å². The molecule has 1 aromatic carbocycles. The van der Waals surface area contributed by atoms with Crippen molar-refractivity contribution in [2.24, 2.45) is 0 Å². The highest BCUT2D eigenvalue weighted by atomic mass is 16.4. The highest BCUT2D eigenvalue weighted by Gasteiger charge is 2.10. The van der Waals surface area contributed by atoms with Gasteiger partial charge in [0, 0.05) is 11.1 Å². The number of H-pyrrole nitrogens is 1. The summed E-state index contributed by atoms with van der Waals surface area (Å²) in [6, 6.07) is 7.41. The molecule has 0 saturated heterocycles.